The Kier molecular flexibility index (Phi) is 5.88. The number of carbonyl (C=O) groups is 1. The molecule has 0 fully saturated rings. The van der Waals surface area contributed by atoms with Gasteiger partial charge in [0.2, 0.25) is 16.9 Å². The van der Waals surface area contributed by atoms with Crippen LogP contribution < -0.4 is 15.9 Å². The minimum Gasteiger partial charge on any atom is -0.497 e. The Morgan fingerprint density at radius 1 is 1.09 bits per heavy atom. The number of carbonyl (C=O) groups excluding carboxylic acids is 1. The quantitative estimate of drug-likeness (QED) is 0.243. The molecular weight excluding hydrogens is 450 g/mol. The number of aromatic amines is 1. The lowest BCUT2D eigenvalue weighted by Crippen LogP contribution is -2.16. The fraction of sp³-hybridized carbons (Fsp3) is 0.0833. The first kappa shape index (κ1) is 21.5. The van der Waals surface area contributed by atoms with Gasteiger partial charge in [0.1, 0.15) is 11.4 Å². The van der Waals surface area contributed by atoms with Crippen LogP contribution in [0.3, 0.4) is 0 Å². The van der Waals surface area contributed by atoms with E-state index in [4.69, 9.17) is 10.6 Å². The molecule has 0 aliphatic heterocycles. The van der Waals surface area contributed by atoms with Gasteiger partial charge in [-0.05, 0) is 41.8 Å². The predicted molar refractivity (Wildman–Crippen MR) is 133 cm³/mol. The van der Waals surface area contributed by atoms with E-state index < -0.39 is 0 Å². The minimum atomic E-state index is -0.158. The molecule has 0 radical (unpaired) electrons. The number of methoxy groups -OCH3 is 1. The van der Waals surface area contributed by atoms with E-state index in [1.165, 1.54) is 16.4 Å². The maximum absolute atomic E-state index is 12.6. The molecule has 0 saturated carbocycles. The first-order valence-corrected chi connectivity index (χ1v) is 11.4. The Bertz CT molecular complexity index is 1450. The molecule has 2 aromatic heterocycles. The van der Waals surface area contributed by atoms with Gasteiger partial charge in [-0.15, -0.1) is 10.2 Å². The van der Waals surface area contributed by atoms with Crippen LogP contribution in [0, 0.1) is 0 Å². The number of amides is 1. The first-order chi connectivity index (χ1) is 16.6. The molecular formula is C24H21N7O2S. The zero-order valence-electron chi connectivity index (χ0n) is 18.2. The van der Waals surface area contributed by atoms with Gasteiger partial charge in [0.25, 0.3) is 0 Å². The summed E-state index contributed by atoms with van der Waals surface area (Å²) in [7, 11) is 1.62. The van der Waals surface area contributed by atoms with Crippen molar-refractivity contribution < 1.29 is 9.53 Å². The smallest absolute Gasteiger partial charge is 0.234 e. The lowest BCUT2D eigenvalue weighted by atomic mass is 10.1. The van der Waals surface area contributed by atoms with Gasteiger partial charge in [-0.25, -0.2) is 4.68 Å². The molecule has 0 bridgehead atoms. The van der Waals surface area contributed by atoms with E-state index in [-0.39, 0.29) is 11.7 Å². The van der Waals surface area contributed by atoms with Gasteiger partial charge in [0.05, 0.1) is 18.6 Å². The molecule has 0 aliphatic rings. The minimum absolute atomic E-state index is 0.138. The van der Waals surface area contributed by atoms with Crippen LogP contribution >= 0.6 is 11.8 Å². The van der Waals surface area contributed by atoms with Crippen molar-refractivity contribution in [3.63, 3.8) is 0 Å². The van der Waals surface area contributed by atoms with Crippen molar-refractivity contribution in [1.29, 1.82) is 0 Å². The van der Waals surface area contributed by atoms with Crippen molar-refractivity contribution in [3.05, 3.63) is 72.8 Å². The summed E-state index contributed by atoms with van der Waals surface area (Å²) in [4.78, 5) is 12.6. The number of hydrogen-bond acceptors (Lipinski definition) is 7. The monoisotopic (exact) mass is 471 g/mol. The summed E-state index contributed by atoms with van der Waals surface area (Å²) in [6.45, 7) is 0. The summed E-state index contributed by atoms with van der Waals surface area (Å²) >= 11 is 1.21. The highest BCUT2D eigenvalue weighted by molar-refractivity contribution is 7.99. The zero-order chi connectivity index (χ0) is 23.5. The second-order valence-electron chi connectivity index (χ2n) is 7.44. The first-order valence-electron chi connectivity index (χ1n) is 10.4. The molecule has 5 rings (SSSR count). The molecule has 0 aliphatic carbocycles. The number of anilines is 1. The number of nitrogens with two attached hydrogens (primary N) is 1. The summed E-state index contributed by atoms with van der Waals surface area (Å²) in [6, 6.07) is 23.1. The lowest BCUT2D eigenvalue weighted by molar-refractivity contribution is -0.113. The predicted octanol–water partition coefficient (Wildman–Crippen LogP) is 3.94. The molecule has 0 unspecified atom stereocenters. The molecule has 34 heavy (non-hydrogen) atoms. The Balaban J connectivity index is 1.26. The largest absolute Gasteiger partial charge is 0.497 e. The molecule has 4 N–H and O–H groups in total. The number of nitrogens with zero attached hydrogens (tertiary/aromatic N) is 4. The van der Waals surface area contributed by atoms with Crippen molar-refractivity contribution >= 4 is 34.1 Å². The fourth-order valence-corrected chi connectivity index (χ4v) is 4.21. The van der Waals surface area contributed by atoms with Crippen LogP contribution in [0.25, 0.3) is 33.5 Å². The summed E-state index contributed by atoms with van der Waals surface area (Å²) in [5.74, 6) is 7.38. The van der Waals surface area contributed by atoms with Crippen LogP contribution in [-0.2, 0) is 4.79 Å². The van der Waals surface area contributed by atoms with Gasteiger partial charge in [-0.2, -0.15) is 5.10 Å². The molecule has 10 heteroatoms. The molecule has 2 heterocycles. The van der Waals surface area contributed by atoms with E-state index >= 15 is 0 Å². The van der Waals surface area contributed by atoms with Gasteiger partial charge in [0.15, 0.2) is 0 Å². The van der Waals surface area contributed by atoms with Crippen LogP contribution in [0.15, 0.2) is 78.0 Å². The van der Waals surface area contributed by atoms with Crippen molar-refractivity contribution in [2.45, 2.75) is 5.16 Å². The lowest BCUT2D eigenvalue weighted by Gasteiger charge is -2.08. The van der Waals surface area contributed by atoms with E-state index in [9.17, 15) is 4.79 Å². The second kappa shape index (κ2) is 9.28. The van der Waals surface area contributed by atoms with Crippen LogP contribution in [0.2, 0.25) is 0 Å². The molecule has 5 aromatic rings. The van der Waals surface area contributed by atoms with E-state index in [0.29, 0.717) is 16.7 Å². The van der Waals surface area contributed by atoms with Gasteiger partial charge in [-0.1, -0.05) is 48.2 Å². The Morgan fingerprint density at radius 2 is 1.88 bits per heavy atom. The Labute approximate surface area is 199 Å². The number of ether oxygens (including phenoxy) is 1. The SMILES string of the molecule is COc1ccc(-c2cc(-c3nnc(SCC(=O)Nc4cccc5ccccc45)n3N)[nH]n2)cc1. The van der Waals surface area contributed by atoms with Gasteiger partial charge in [0, 0.05) is 16.6 Å². The zero-order valence-corrected chi connectivity index (χ0v) is 19.0. The van der Waals surface area contributed by atoms with Crippen molar-refractivity contribution in [2.24, 2.45) is 0 Å². The summed E-state index contributed by atoms with van der Waals surface area (Å²) < 4.78 is 6.54. The topological polar surface area (TPSA) is 124 Å². The van der Waals surface area contributed by atoms with Crippen molar-refractivity contribution in [1.82, 2.24) is 25.1 Å². The van der Waals surface area contributed by atoms with Gasteiger partial charge >= 0.3 is 0 Å². The molecule has 170 valence electrons. The third kappa shape index (κ3) is 4.30. The van der Waals surface area contributed by atoms with Crippen LogP contribution in [-0.4, -0.2) is 43.8 Å². The van der Waals surface area contributed by atoms with E-state index in [2.05, 4.69) is 25.7 Å². The second-order valence-corrected chi connectivity index (χ2v) is 8.38. The molecule has 1 amide bonds. The number of aromatic nitrogens is 5. The number of nitrogens with one attached hydrogen (secondary N) is 2. The third-order valence-corrected chi connectivity index (χ3v) is 6.21. The fourth-order valence-electron chi connectivity index (χ4n) is 3.56. The molecule has 0 atom stereocenters. The average molecular weight is 472 g/mol. The third-order valence-electron chi connectivity index (χ3n) is 5.27. The number of H-pyrrole nitrogens is 1. The highest BCUT2D eigenvalue weighted by Crippen LogP contribution is 2.27. The Morgan fingerprint density at radius 3 is 2.71 bits per heavy atom. The Hall–Kier alpha value is -4.31. The molecule has 3 aromatic carbocycles. The van der Waals surface area contributed by atoms with Crippen LogP contribution in [0.5, 0.6) is 5.75 Å². The summed E-state index contributed by atoms with van der Waals surface area (Å²) in [6.07, 6.45) is 0. The van der Waals surface area contributed by atoms with Crippen molar-refractivity contribution in [3.8, 4) is 28.5 Å². The maximum Gasteiger partial charge on any atom is 0.234 e. The molecule has 0 saturated heterocycles. The van der Waals surface area contributed by atoms with Crippen LogP contribution in [0.1, 0.15) is 0 Å². The van der Waals surface area contributed by atoms with Gasteiger partial charge < -0.3 is 15.9 Å². The van der Waals surface area contributed by atoms with Crippen molar-refractivity contribution in [2.75, 3.05) is 24.0 Å². The highest BCUT2D eigenvalue weighted by atomic mass is 32.2. The maximum atomic E-state index is 12.6. The van der Waals surface area contributed by atoms with Crippen LogP contribution in [0.4, 0.5) is 5.69 Å². The van der Waals surface area contributed by atoms with E-state index in [1.54, 1.807) is 7.11 Å². The number of fused-ring (bicyclic) bond motifs is 1. The number of hydrogen-bond donors (Lipinski definition) is 3. The van der Waals surface area contributed by atoms with E-state index in [1.807, 2.05) is 72.8 Å². The average Bonchev–Trinajstić information content (AvgIpc) is 3.50. The van der Waals surface area contributed by atoms with E-state index in [0.717, 1.165) is 33.5 Å². The van der Waals surface area contributed by atoms with Gasteiger partial charge in [-0.3, -0.25) is 9.89 Å². The summed E-state index contributed by atoms with van der Waals surface area (Å²) in [5.41, 5.74) is 3.05. The number of rotatable bonds is 7. The molecule has 9 nitrogen and oxygen atoms in total. The number of thioether (sulfide) groups is 1. The summed E-state index contributed by atoms with van der Waals surface area (Å²) in [5, 5.41) is 21.0. The normalized spacial score (nSPS) is 11.0. The number of benzene rings is 3. The highest BCUT2D eigenvalue weighted by Gasteiger charge is 2.17. The number of nitrogen functional groups attached to an aromatic ring is 1. The standard InChI is InChI=1S/C24H21N7O2S/c1-33-17-11-9-16(10-12-17)20-13-21(28-27-20)23-29-30-24(31(23)25)34-14-22(32)26-19-8-4-6-15-5-2-3-7-18(15)19/h2-13H,14,25H2,1H3,(H,26,32)(H,27,28). The molecule has 0 spiro atoms.